The Balaban J connectivity index is 1.94. The number of sulfonamides is 1. The quantitative estimate of drug-likeness (QED) is 0.817. The van der Waals surface area contributed by atoms with Crippen LogP contribution in [0.2, 0.25) is 0 Å². The van der Waals surface area contributed by atoms with Gasteiger partial charge in [-0.3, -0.25) is 0 Å². The number of hydrogen-bond acceptors (Lipinski definition) is 5. The lowest BCUT2D eigenvalue weighted by molar-refractivity contribution is 0.242. The van der Waals surface area contributed by atoms with Crippen LogP contribution in [0.1, 0.15) is 11.6 Å². The van der Waals surface area contributed by atoms with E-state index < -0.39 is 15.8 Å². The van der Waals surface area contributed by atoms with E-state index in [4.69, 9.17) is 0 Å². The van der Waals surface area contributed by atoms with Gasteiger partial charge in [0.05, 0.1) is 12.2 Å². The SMILES string of the molecule is Cc1ccc(S(=O)(=O)N2C[C@@H](N(C)C)[C@@H](n3ccnn3)C2)c(F)c1. The van der Waals surface area contributed by atoms with Gasteiger partial charge in [0.1, 0.15) is 10.7 Å². The molecule has 0 N–H and O–H groups in total. The molecule has 1 aliphatic heterocycles. The first-order valence-corrected chi connectivity index (χ1v) is 9.03. The van der Waals surface area contributed by atoms with Gasteiger partial charge in [-0.25, -0.2) is 17.5 Å². The standard InChI is InChI=1S/C15H20FN5O2S/c1-11-4-5-15(12(16)8-11)24(22,23)20-9-13(19(2)3)14(10-20)21-7-6-17-18-21/h4-8,13-14H,9-10H2,1-3H3/t13-,14+/m1/s1. The van der Waals surface area contributed by atoms with Gasteiger partial charge in [0.15, 0.2) is 0 Å². The largest absolute Gasteiger partial charge is 0.303 e. The second-order valence-electron chi connectivity index (χ2n) is 6.24. The number of hydrogen-bond donors (Lipinski definition) is 0. The molecular weight excluding hydrogens is 333 g/mol. The molecular formula is C15H20FN5O2S. The van der Waals surface area contributed by atoms with Crippen molar-refractivity contribution < 1.29 is 12.8 Å². The van der Waals surface area contributed by atoms with E-state index in [1.165, 1.54) is 16.4 Å². The zero-order valence-electron chi connectivity index (χ0n) is 13.8. The number of nitrogens with zero attached hydrogens (tertiary/aromatic N) is 5. The highest BCUT2D eigenvalue weighted by Gasteiger charge is 2.42. The zero-order valence-corrected chi connectivity index (χ0v) is 14.6. The van der Waals surface area contributed by atoms with Crippen molar-refractivity contribution in [1.29, 1.82) is 0 Å². The van der Waals surface area contributed by atoms with Crippen LogP contribution in [-0.2, 0) is 10.0 Å². The van der Waals surface area contributed by atoms with Crippen LogP contribution in [0.15, 0.2) is 35.5 Å². The van der Waals surface area contributed by atoms with Crippen molar-refractivity contribution in [1.82, 2.24) is 24.2 Å². The predicted molar refractivity (Wildman–Crippen MR) is 86.4 cm³/mol. The van der Waals surface area contributed by atoms with Gasteiger partial charge in [0.2, 0.25) is 10.0 Å². The van der Waals surface area contributed by atoms with E-state index >= 15 is 0 Å². The minimum atomic E-state index is -3.91. The molecule has 9 heteroatoms. The molecule has 0 spiro atoms. The summed E-state index contributed by atoms with van der Waals surface area (Å²) in [5.74, 6) is -0.722. The molecule has 1 aliphatic rings. The van der Waals surface area contributed by atoms with E-state index in [-0.39, 0.29) is 30.1 Å². The molecule has 130 valence electrons. The molecule has 1 saturated heterocycles. The number of rotatable bonds is 4. The van der Waals surface area contributed by atoms with Gasteiger partial charge in [0.25, 0.3) is 0 Å². The molecule has 0 saturated carbocycles. The van der Waals surface area contributed by atoms with E-state index in [1.807, 2.05) is 19.0 Å². The number of aryl methyl sites for hydroxylation is 1. The first kappa shape index (κ1) is 17.0. The Morgan fingerprint density at radius 1 is 1.29 bits per heavy atom. The van der Waals surface area contributed by atoms with Crippen LogP contribution in [0.5, 0.6) is 0 Å². The number of likely N-dealkylation sites (N-methyl/N-ethyl adjacent to an activating group) is 1. The number of aromatic nitrogens is 3. The maximum atomic E-state index is 14.2. The monoisotopic (exact) mass is 353 g/mol. The molecule has 3 rings (SSSR count). The van der Waals surface area contributed by atoms with Crippen LogP contribution < -0.4 is 0 Å². The van der Waals surface area contributed by atoms with E-state index in [9.17, 15) is 12.8 Å². The van der Waals surface area contributed by atoms with Crippen LogP contribution in [0.4, 0.5) is 4.39 Å². The van der Waals surface area contributed by atoms with E-state index in [0.29, 0.717) is 5.56 Å². The Bertz CT molecular complexity index is 822. The van der Waals surface area contributed by atoms with Gasteiger partial charge in [-0.05, 0) is 38.7 Å². The van der Waals surface area contributed by atoms with Crippen LogP contribution in [0, 0.1) is 12.7 Å². The normalized spacial score (nSPS) is 22.4. The molecule has 0 unspecified atom stereocenters. The van der Waals surface area contributed by atoms with Crippen LogP contribution in [-0.4, -0.2) is 65.8 Å². The Hall–Kier alpha value is -1.84. The summed E-state index contributed by atoms with van der Waals surface area (Å²) >= 11 is 0. The molecule has 0 aliphatic carbocycles. The summed E-state index contributed by atoms with van der Waals surface area (Å²) in [5, 5.41) is 7.79. The summed E-state index contributed by atoms with van der Waals surface area (Å²) in [4.78, 5) is 1.66. The van der Waals surface area contributed by atoms with E-state index in [0.717, 1.165) is 0 Å². The summed E-state index contributed by atoms with van der Waals surface area (Å²) in [7, 11) is -0.134. The second-order valence-corrected chi connectivity index (χ2v) is 8.14. The van der Waals surface area contributed by atoms with Crippen LogP contribution >= 0.6 is 0 Å². The first-order chi connectivity index (χ1) is 11.3. The van der Waals surface area contributed by atoms with Gasteiger partial charge in [-0.1, -0.05) is 11.3 Å². The topological polar surface area (TPSA) is 71.3 Å². The highest BCUT2D eigenvalue weighted by Crippen LogP contribution is 2.30. The number of benzene rings is 1. The fraction of sp³-hybridized carbons (Fsp3) is 0.467. The van der Waals surface area contributed by atoms with Crippen LogP contribution in [0.25, 0.3) is 0 Å². The minimum Gasteiger partial charge on any atom is -0.303 e. The molecule has 2 heterocycles. The molecule has 24 heavy (non-hydrogen) atoms. The summed E-state index contributed by atoms with van der Waals surface area (Å²) < 4.78 is 42.9. The Morgan fingerprint density at radius 2 is 2.04 bits per heavy atom. The Labute approximate surface area is 140 Å². The second kappa shape index (κ2) is 6.23. The van der Waals surface area contributed by atoms with Crippen molar-refractivity contribution in [2.75, 3.05) is 27.2 Å². The molecule has 1 aromatic carbocycles. The van der Waals surface area contributed by atoms with Crippen LogP contribution in [0.3, 0.4) is 0 Å². The lowest BCUT2D eigenvalue weighted by atomic mass is 10.1. The third kappa shape index (κ3) is 2.94. The smallest absolute Gasteiger partial charge is 0.246 e. The average molecular weight is 353 g/mol. The third-order valence-electron chi connectivity index (χ3n) is 4.37. The van der Waals surface area contributed by atoms with Crippen molar-refractivity contribution in [2.45, 2.75) is 23.9 Å². The molecule has 2 aromatic rings. The molecule has 0 bridgehead atoms. The van der Waals surface area contributed by atoms with Gasteiger partial charge >= 0.3 is 0 Å². The maximum Gasteiger partial charge on any atom is 0.246 e. The maximum absolute atomic E-state index is 14.2. The predicted octanol–water partition coefficient (Wildman–Crippen LogP) is 0.901. The van der Waals surface area contributed by atoms with Gasteiger partial charge in [-0.15, -0.1) is 5.10 Å². The molecule has 1 aromatic heterocycles. The first-order valence-electron chi connectivity index (χ1n) is 7.59. The van der Waals surface area contributed by atoms with Gasteiger partial charge in [-0.2, -0.15) is 4.31 Å². The lowest BCUT2D eigenvalue weighted by Crippen LogP contribution is -2.37. The zero-order chi connectivity index (χ0) is 17.5. The lowest BCUT2D eigenvalue weighted by Gasteiger charge is -2.24. The van der Waals surface area contributed by atoms with Crippen molar-refractivity contribution in [2.24, 2.45) is 0 Å². The molecule has 7 nitrogen and oxygen atoms in total. The molecule has 0 radical (unpaired) electrons. The van der Waals surface area contributed by atoms with Gasteiger partial charge in [0, 0.05) is 25.3 Å². The molecule has 2 atom stereocenters. The summed E-state index contributed by atoms with van der Waals surface area (Å²) in [6.07, 6.45) is 3.27. The summed E-state index contributed by atoms with van der Waals surface area (Å²) in [6.45, 7) is 2.22. The number of halogens is 1. The Morgan fingerprint density at radius 3 is 2.62 bits per heavy atom. The summed E-state index contributed by atoms with van der Waals surface area (Å²) in [6, 6.07) is 3.92. The van der Waals surface area contributed by atoms with E-state index in [1.54, 1.807) is 30.1 Å². The van der Waals surface area contributed by atoms with Crippen molar-refractivity contribution in [3.63, 3.8) is 0 Å². The fourth-order valence-corrected chi connectivity index (χ4v) is 4.57. The minimum absolute atomic E-state index is 0.0741. The van der Waals surface area contributed by atoms with Crippen molar-refractivity contribution >= 4 is 10.0 Å². The summed E-state index contributed by atoms with van der Waals surface area (Å²) in [5.41, 5.74) is 0.680. The third-order valence-corrected chi connectivity index (χ3v) is 6.24. The van der Waals surface area contributed by atoms with Gasteiger partial charge < -0.3 is 4.90 Å². The molecule has 0 amide bonds. The fourth-order valence-electron chi connectivity index (χ4n) is 3.05. The highest BCUT2D eigenvalue weighted by molar-refractivity contribution is 7.89. The highest BCUT2D eigenvalue weighted by atomic mass is 32.2. The molecule has 1 fully saturated rings. The van der Waals surface area contributed by atoms with E-state index in [2.05, 4.69) is 10.3 Å². The van der Waals surface area contributed by atoms with Crippen molar-refractivity contribution in [3.8, 4) is 0 Å². The Kier molecular flexibility index (Phi) is 4.41. The van der Waals surface area contributed by atoms with Crippen molar-refractivity contribution in [3.05, 3.63) is 42.0 Å². The average Bonchev–Trinajstić information content (AvgIpc) is 3.16.